The van der Waals surface area contributed by atoms with E-state index < -0.39 is 0 Å². The highest BCUT2D eigenvalue weighted by Crippen LogP contribution is 2.36. The first-order chi connectivity index (χ1) is 8.77. The molecule has 1 unspecified atom stereocenters. The number of Topliss-reactive ketones (excluding diaryl/α,β-unsaturated/α-hetero) is 1. The van der Waals surface area contributed by atoms with E-state index in [1.54, 1.807) is 12.1 Å². The SMILES string of the molecule is O=C(c1ccccc1Cl)C1COc2ccccc21. The molecule has 0 saturated heterocycles. The Morgan fingerprint density at radius 2 is 1.83 bits per heavy atom. The first-order valence-electron chi connectivity index (χ1n) is 5.78. The van der Waals surface area contributed by atoms with Gasteiger partial charge in [-0.1, -0.05) is 41.9 Å². The van der Waals surface area contributed by atoms with Gasteiger partial charge >= 0.3 is 0 Å². The molecule has 2 nitrogen and oxygen atoms in total. The number of halogens is 1. The zero-order valence-corrected chi connectivity index (χ0v) is 10.4. The largest absolute Gasteiger partial charge is 0.492 e. The van der Waals surface area contributed by atoms with Crippen molar-refractivity contribution in [2.24, 2.45) is 0 Å². The quantitative estimate of drug-likeness (QED) is 0.768. The highest BCUT2D eigenvalue weighted by atomic mass is 35.5. The Bertz CT molecular complexity index is 607. The minimum Gasteiger partial charge on any atom is -0.492 e. The van der Waals surface area contributed by atoms with E-state index in [9.17, 15) is 4.79 Å². The van der Waals surface area contributed by atoms with Gasteiger partial charge in [0.2, 0.25) is 0 Å². The molecular weight excluding hydrogens is 248 g/mol. The lowest BCUT2D eigenvalue weighted by Crippen LogP contribution is -2.14. The van der Waals surface area contributed by atoms with Crippen molar-refractivity contribution in [3.8, 4) is 5.75 Å². The summed E-state index contributed by atoms with van der Waals surface area (Å²) in [6.07, 6.45) is 0. The summed E-state index contributed by atoms with van der Waals surface area (Å²) in [6.45, 7) is 0.392. The number of rotatable bonds is 2. The maximum atomic E-state index is 12.5. The Hall–Kier alpha value is -1.80. The number of benzene rings is 2. The van der Waals surface area contributed by atoms with Crippen LogP contribution in [0.3, 0.4) is 0 Å². The summed E-state index contributed by atoms with van der Waals surface area (Å²) in [6, 6.07) is 14.8. The molecule has 0 radical (unpaired) electrons. The van der Waals surface area contributed by atoms with Crippen LogP contribution in [0.25, 0.3) is 0 Å². The second kappa shape index (κ2) is 4.46. The van der Waals surface area contributed by atoms with Crippen molar-refractivity contribution in [3.05, 3.63) is 64.7 Å². The van der Waals surface area contributed by atoms with Crippen molar-refractivity contribution in [2.75, 3.05) is 6.61 Å². The average molecular weight is 259 g/mol. The minimum absolute atomic E-state index is 0.0190. The molecule has 0 N–H and O–H groups in total. The molecule has 3 heteroatoms. The first kappa shape index (κ1) is 11.3. The number of para-hydroxylation sites is 1. The molecule has 2 aromatic carbocycles. The zero-order chi connectivity index (χ0) is 12.5. The lowest BCUT2D eigenvalue weighted by Gasteiger charge is -2.09. The van der Waals surface area contributed by atoms with Crippen molar-refractivity contribution in [3.63, 3.8) is 0 Å². The van der Waals surface area contributed by atoms with Gasteiger partial charge in [0.1, 0.15) is 12.4 Å². The van der Waals surface area contributed by atoms with Crippen LogP contribution in [0.5, 0.6) is 5.75 Å². The fraction of sp³-hybridized carbons (Fsp3) is 0.133. The number of ketones is 1. The van der Waals surface area contributed by atoms with Crippen LogP contribution in [-0.4, -0.2) is 12.4 Å². The van der Waals surface area contributed by atoms with Gasteiger partial charge < -0.3 is 4.74 Å². The van der Waals surface area contributed by atoms with Crippen LogP contribution in [0.1, 0.15) is 21.8 Å². The predicted molar refractivity (Wildman–Crippen MR) is 70.5 cm³/mol. The van der Waals surface area contributed by atoms with Crippen LogP contribution in [0.15, 0.2) is 48.5 Å². The van der Waals surface area contributed by atoms with Crippen molar-refractivity contribution >= 4 is 17.4 Å². The summed E-state index contributed by atoms with van der Waals surface area (Å²) in [5, 5.41) is 0.492. The van der Waals surface area contributed by atoms with Crippen molar-refractivity contribution < 1.29 is 9.53 Å². The number of hydrogen-bond acceptors (Lipinski definition) is 2. The van der Waals surface area contributed by atoms with E-state index in [4.69, 9.17) is 16.3 Å². The van der Waals surface area contributed by atoms with E-state index in [0.29, 0.717) is 17.2 Å². The number of hydrogen-bond donors (Lipinski definition) is 0. The second-order valence-electron chi connectivity index (χ2n) is 4.25. The molecule has 18 heavy (non-hydrogen) atoms. The normalized spacial score (nSPS) is 17.1. The summed E-state index contributed by atoms with van der Waals surface area (Å²) in [7, 11) is 0. The molecule has 0 aliphatic carbocycles. The molecule has 0 aromatic heterocycles. The standard InChI is InChI=1S/C15H11ClO2/c16-13-7-3-1-6-11(13)15(17)12-9-18-14-8-4-2-5-10(12)14/h1-8,12H,9H2. The topological polar surface area (TPSA) is 26.3 Å². The fourth-order valence-electron chi connectivity index (χ4n) is 2.23. The first-order valence-corrected chi connectivity index (χ1v) is 6.15. The van der Waals surface area contributed by atoms with Crippen molar-refractivity contribution in [1.82, 2.24) is 0 Å². The molecule has 2 aromatic rings. The van der Waals surface area contributed by atoms with Gasteiger partial charge in [-0.05, 0) is 18.2 Å². The zero-order valence-electron chi connectivity index (χ0n) is 9.60. The van der Waals surface area contributed by atoms with Gasteiger partial charge in [0.05, 0.1) is 10.9 Å². The molecule has 1 heterocycles. The van der Waals surface area contributed by atoms with Crippen LogP contribution in [0.4, 0.5) is 0 Å². The molecule has 3 rings (SSSR count). The van der Waals surface area contributed by atoms with Crippen LogP contribution < -0.4 is 4.74 Å². The van der Waals surface area contributed by atoms with Crippen LogP contribution in [0.2, 0.25) is 5.02 Å². The highest BCUT2D eigenvalue weighted by Gasteiger charge is 2.31. The Morgan fingerprint density at radius 1 is 1.11 bits per heavy atom. The van der Waals surface area contributed by atoms with Crippen LogP contribution in [-0.2, 0) is 0 Å². The van der Waals surface area contributed by atoms with Crippen molar-refractivity contribution in [2.45, 2.75) is 5.92 Å². The summed E-state index contributed by atoms with van der Waals surface area (Å²) in [5.41, 5.74) is 1.51. The minimum atomic E-state index is -0.249. The monoisotopic (exact) mass is 258 g/mol. The Morgan fingerprint density at radius 3 is 2.67 bits per heavy atom. The summed E-state index contributed by atoms with van der Waals surface area (Å²) in [5.74, 6) is 0.564. The lowest BCUT2D eigenvalue weighted by molar-refractivity contribution is 0.0947. The Kier molecular flexibility index (Phi) is 2.80. The van der Waals surface area contributed by atoms with E-state index in [1.165, 1.54) is 0 Å². The molecule has 90 valence electrons. The molecular formula is C15H11ClO2. The van der Waals surface area contributed by atoms with E-state index in [0.717, 1.165) is 11.3 Å². The second-order valence-corrected chi connectivity index (χ2v) is 4.65. The third kappa shape index (κ3) is 1.79. The van der Waals surface area contributed by atoms with E-state index in [2.05, 4.69) is 0 Å². The summed E-state index contributed by atoms with van der Waals surface area (Å²) >= 11 is 6.06. The van der Waals surface area contributed by atoms with Crippen LogP contribution in [0, 0.1) is 0 Å². The van der Waals surface area contributed by atoms with E-state index >= 15 is 0 Å². The van der Waals surface area contributed by atoms with Crippen molar-refractivity contribution in [1.29, 1.82) is 0 Å². The third-order valence-corrected chi connectivity index (χ3v) is 3.49. The molecule has 1 atom stereocenters. The van der Waals surface area contributed by atoms with E-state index in [-0.39, 0.29) is 11.7 Å². The molecule has 0 spiro atoms. The lowest BCUT2D eigenvalue weighted by atomic mass is 9.92. The number of carbonyl (C=O) groups excluding carboxylic acids is 1. The molecule has 1 aliphatic heterocycles. The molecule has 1 aliphatic rings. The highest BCUT2D eigenvalue weighted by molar-refractivity contribution is 6.34. The number of ether oxygens (including phenoxy) is 1. The van der Waals surface area contributed by atoms with Gasteiger partial charge in [-0.25, -0.2) is 0 Å². The van der Waals surface area contributed by atoms with Gasteiger partial charge in [-0.2, -0.15) is 0 Å². The maximum absolute atomic E-state index is 12.5. The van der Waals surface area contributed by atoms with E-state index in [1.807, 2.05) is 36.4 Å². The number of fused-ring (bicyclic) bond motifs is 1. The van der Waals surface area contributed by atoms with Crippen LogP contribution >= 0.6 is 11.6 Å². The molecule has 0 amide bonds. The summed E-state index contributed by atoms with van der Waals surface area (Å²) in [4.78, 5) is 12.5. The van der Waals surface area contributed by atoms with Gasteiger partial charge in [0.25, 0.3) is 0 Å². The third-order valence-electron chi connectivity index (χ3n) is 3.16. The fourth-order valence-corrected chi connectivity index (χ4v) is 2.46. The van der Waals surface area contributed by atoms with Gasteiger partial charge in [0, 0.05) is 11.1 Å². The number of carbonyl (C=O) groups is 1. The predicted octanol–water partition coefficient (Wildman–Crippen LogP) is 3.70. The maximum Gasteiger partial charge on any atom is 0.175 e. The Balaban J connectivity index is 1.99. The summed E-state index contributed by atoms with van der Waals surface area (Å²) < 4.78 is 5.53. The Labute approximate surface area is 110 Å². The molecule has 0 bridgehead atoms. The average Bonchev–Trinajstić information content (AvgIpc) is 2.82. The van der Waals surface area contributed by atoms with Gasteiger partial charge in [0.15, 0.2) is 5.78 Å². The van der Waals surface area contributed by atoms with Gasteiger partial charge in [-0.15, -0.1) is 0 Å². The van der Waals surface area contributed by atoms with Gasteiger partial charge in [-0.3, -0.25) is 4.79 Å². The molecule has 0 fully saturated rings. The molecule has 0 saturated carbocycles. The smallest absolute Gasteiger partial charge is 0.175 e.